The first-order chi connectivity index (χ1) is 57.1. The molecule has 30 N–H and O–H groups in total. The van der Waals surface area contributed by atoms with Crippen LogP contribution in [-0.4, -0.2) is 516 Å². The highest BCUT2D eigenvalue weighted by Crippen LogP contribution is 2.41. The van der Waals surface area contributed by atoms with Crippen LogP contribution >= 0.6 is 0 Å². The second-order valence-corrected chi connectivity index (χ2v) is 31.0. The van der Waals surface area contributed by atoms with Crippen molar-refractivity contribution >= 4 is 23.6 Å². The quantitative estimate of drug-likeness (QED) is 0.0318. The van der Waals surface area contributed by atoms with Crippen LogP contribution in [0.2, 0.25) is 0 Å². The van der Waals surface area contributed by atoms with E-state index in [1.54, 1.807) is 0 Å². The van der Waals surface area contributed by atoms with E-state index in [1.807, 2.05) is 0 Å². The summed E-state index contributed by atoms with van der Waals surface area (Å²) in [6.45, 7) is -2.57. The third kappa shape index (κ3) is 22.0. The van der Waals surface area contributed by atoms with Gasteiger partial charge in [-0.1, -0.05) is 0 Å². The zero-order valence-electron chi connectivity index (χ0n) is 65.5. The number of hydrogen-bond donors (Lipinski definition) is 30. The number of amides is 4. The van der Waals surface area contributed by atoms with Gasteiger partial charge in [-0.15, -0.1) is 0 Å². The van der Waals surface area contributed by atoms with E-state index in [1.165, 1.54) is 13.8 Å². The Morgan fingerprint density at radius 2 is 0.537 bits per heavy atom. The summed E-state index contributed by atoms with van der Waals surface area (Å²) in [7, 11) is 0. The average Bonchev–Trinajstić information content (AvgIpc) is 0.762. The Bertz CT molecular complexity index is 3270. The molecule has 10 aliphatic rings. The molecule has 53 nitrogen and oxygen atoms in total. The lowest BCUT2D eigenvalue weighted by atomic mass is 9.93. The minimum absolute atomic E-state index is 0.841. The Hall–Kier alpha value is -3.92. The predicted octanol–water partition coefficient (Wildman–Crippen LogP) is -20.2. The molecule has 0 aliphatic carbocycles. The molecule has 0 bridgehead atoms. The van der Waals surface area contributed by atoms with Crippen molar-refractivity contribution in [2.75, 3.05) is 52.9 Å². The van der Waals surface area contributed by atoms with E-state index in [-0.39, 0.29) is 0 Å². The monoisotopic (exact) mass is 1770 g/mol. The minimum Gasteiger partial charge on any atom is -0.394 e. The summed E-state index contributed by atoms with van der Waals surface area (Å²) in [6.07, 6.45) is -94.8. The van der Waals surface area contributed by atoms with Crippen LogP contribution in [0.5, 0.6) is 0 Å². The van der Waals surface area contributed by atoms with Crippen molar-refractivity contribution in [3.63, 3.8) is 0 Å². The molecule has 0 aromatic rings. The highest BCUT2D eigenvalue weighted by Gasteiger charge is 2.62. The number of rotatable bonds is 30. The summed E-state index contributed by atoms with van der Waals surface area (Å²) in [5, 5.41) is 301. The summed E-state index contributed by atoms with van der Waals surface area (Å²) >= 11 is 0. The lowest BCUT2D eigenvalue weighted by molar-refractivity contribution is -0.399. The lowest BCUT2D eigenvalue weighted by Crippen LogP contribution is -2.71. The Balaban J connectivity index is 1.00. The summed E-state index contributed by atoms with van der Waals surface area (Å²) in [6, 6.07) is -7.60. The molecule has 0 unspecified atom stereocenters. The SMILES string of the molecule is CC(=O)N[C@@H]1[C@@H](O)[C@H](O[C@@H]2O[C@H](CO)[C@@H](O[C@@H]3O[C@H](CO[C@H]4O[C@H](CO)[C@@H](O)[C@H](O)[C@@H]4O[C@@H]4O[C@H](CO)[C@@H](O[C@@H]5O[C@H](CO)[C@H](O)[C@H](O)[C@H]5O)[C@H](O[C@@H]5O[C@@H](C)[C@@H](O)[C@@H](O)[C@@H]5O)[C@H]4NC(C)=O)[C@@H](O)[C@H](O[C@H]4O[C@H](CO)[C@@H](O)[C@H](O)[C@@H]4O[C@@H]4O[C@H](CO)[C@@H](O)[C@H](O)[C@H]4NC(C)=O)[C@@H]3O)[C@H](O)[C@H]2NC(C)=O)[C@@H](CO[C@@H]2O[C@@H](C)[C@@H](O)[C@@H](O)[C@@H]2O)O[C@H]1O. The third-order valence-corrected chi connectivity index (χ3v) is 22.4. The summed E-state index contributed by atoms with van der Waals surface area (Å²) < 4.78 is 114. The van der Waals surface area contributed by atoms with Gasteiger partial charge in [-0.05, 0) is 13.8 Å². The van der Waals surface area contributed by atoms with Crippen LogP contribution in [0.3, 0.4) is 0 Å². The second kappa shape index (κ2) is 43.0. The van der Waals surface area contributed by atoms with E-state index < -0.39 is 383 Å². The van der Waals surface area contributed by atoms with Gasteiger partial charge in [0, 0.05) is 27.7 Å². The van der Waals surface area contributed by atoms with Crippen LogP contribution < -0.4 is 21.3 Å². The van der Waals surface area contributed by atoms with Gasteiger partial charge in [0.1, 0.15) is 232 Å². The van der Waals surface area contributed by atoms with Crippen LogP contribution in [-0.2, 0) is 109 Å². The number of carbonyl (C=O) groups excluding carboxylic acids is 4. The second-order valence-electron chi connectivity index (χ2n) is 31.0. The minimum atomic E-state index is -2.60. The average molecular weight is 1770 g/mol. The van der Waals surface area contributed by atoms with Gasteiger partial charge < -0.3 is 244 Å². The summed E-state index contributed by atoms with van der Waals surface area (Å²) in [5.74, 6) is -3.71. The maximum Gasteiger partial charge on any atom is 0.217 e. The molecule has 0 saturated carbocycles. The number of hydrogen-bond acceptors (Lipinski definition) is 49. The molecule has 0 radical (unpaired) electrons. The number of carbonyl (C=O) groups is 4. The van der Waals surface area contributed by atoms with E-state index in [4.69, 9.17) is 90.0 Å². The van der Waals surface area contributed by atoms with Gasteiger partial charge in [0.25, 0.3) is 0 Å². The number of aliphatic hydroxyl groups is 26. The maximum absolute atomic E-state index is 13.5. The van der Waals surface area contributed by atoms with Crippen molar-refractivity contribution in [1.29, 1.82) is 0 Å². The molecular weight excluding hydrogens is 1660 g/mol. The van der Waals surface area contributed by atoms with E-state index in [9.17, 15) is 152 Å². The smallest absolute Gasteiger partial charge is 0.217 e. The van der Waals surface area contributed by atoms with E-state index >= 15 is 0 Å². The zero-order valence-corrected chi connectivity index (χ0v) is 65.5. The molecule has 10 saturated heterocycles. The van der Waals surface area contributed by atoms with Gasteiger partial charge in [-0.25, -0.2) is 0 Å². The zero-order chi connectivity index (χ0) is 89.1. The Kier molecular flexibility index (Phi) is 35.3. The van der Waals surface area contributed by atoms with Crippen molar-refractivity contribution in [1.82, 2.24) is 21.3 Å². The fourth-order valence-electron chi connectivity index (χ4n) is 15.7. The largest absolute Gasteiger partial charge is 0.394 e. The molecular formula is C68H114N4O49. The van der Waals surface area contributed by atoms with Crippen molar-refractivity contribution in [3.05, 3.63) is 0 Å². The van der Waals surface area contributed by atoms with Gasteiger partial charge in [0.05, 0.1) is 65.1 Å². The van der Waals surface area contributed by atoms with Crippen molar-refractivity contribution < 1.29 is 242 Å². The molecule has 10 fully saturated rings. The van der Waals surface area contributed by atoms with Crippen LogP contribution in [0, 0.1) is 0 Å². The fraction of sp³-hybridized carbons (Fsp3) is 0.941. The lowest BCUT2D eigenvalue weighted by Gasteiger charge is -2.51. The predicted molar refractivity (Wildman–Crippen MR) is 373 cm³/mol. The Morgan fingerprint density at radius 3 is 1.05 bits per heavy atom. The van der Waals surface area contributed by atoms with E-state index in [0.29, 0.717) is 0 Å². The number of nitrogens with one attached hydrogen (secondary N) is 4. The van der Waals surface area contributed by atoms with E-state index in [0.717, 1.165) is 27.7 Å². The molecule has 10 heterocycles. The van der Waals surface area contributed by atoms with Crippen LogP contribution in [0.25, 0.3) is 0 Å². The first-order valence-corrected chi connectivity index (χ1v) is 38.8. The first kappa shape index (κ1) is 99.2. The topological polar surface area (TPSA) is 818 Å². The fourth-order valence-corrected chi connectivity index (χ4v) is 15.7. The first-order valence-electron chi connectivity index (χ1n) is 38.8. The molecule has 4 amide bonds. The molecule has 0 aromatic heterocycles. The molecule has 50 atom stereocenters. The summed E-state index contributed by atoms with van der Waals surface area (Å²) in [5.41, 5.74) is 0. The van der Waals surface area contributed by atoms with E-state index in [2.05, 4.69) is 21.3 Å². The maximum atomic E-state index is 13.5. The highest BCUT2D eigenvalue weighted by molar-refractivity contribution is 5.74. The third-order valence-electron chi connectivity index (χ3n) is 22.4. The molecule has 700 valence electrons. The van der Waals surface area contributed by atoms with Crippen LogP contribution in [0.1, 0.15) is 41.5 Å². The van der Waals surface area contributed by atoms with Crippen LogP contribution in [0.4, 0.5) is 0 Å². The van der Waals surface area contributed by atoms with Gasteiger partial charge >= 0.3 is 0 Å². The number of ether oxygens (including phenoxy) is 19. The van der Waals surface area contributed by atoms with Gasteiger partial charge in [-0.3, -0.25) is 19.2 Å². The van der Waals surface area contributed by atoms with Crippen molar-refractivity contribution in [2.24, 2.45) is 0 Å². The molecule has 0 spiro atoms. The molecule has 121 heavy (non-hydrogen) atoms. The Morgan fingerprint density at radius 1 is 0.231 bits per heavy atom. The Labute approximate surface area is 686 Å². The molecule has 10 aliphatic heterocycles. The van der Waals surface area contributed by atoms with Crippen molar-refractivity contribution in [2.45, 2.75) is 348 Å². The number of aliphatic hydroxyl groups excluding tert-OH is 26. The van der Waals surface area contributed by atoms with Crippen molar-refractivity contribution in [3.8, 4) is 0 Å². The van der Waals surface area contributed by atoms with Gasteiger partial charge in [0.2, 0.25) is 23.6 Å². The molecule has 10 rings (SSSR count). The summed E-state index contributed by atoms with van der Waals surface area (Å²) in [4.78, 5) is 51.8. The standard InChI is InChI=1S/C68H114N4O49/c1-15-33(83)43(93)48(98)63(105-15)103-14-28-53(41(91)29(59(102)107-28)69-17(3)79)115-61-31(71-19(5)81)42(92)52(25(11-77)112-61)116-66-51(101)56(119-68-58(47(97)38(88)24(10-76)111-68)121-60-30(70-18(4)80)40(90)35(85)21(7-73)108-60)39(89)27(114-66)13-104-67-57(46(96)37(87)23(9-75)110-67)120-62-32(72-20(6)82)55(118-64-49(99)44(94)34(84)16(2)106-64)54(26(12-78)113-62)117-65-50(100)45(95)36(86)22(8-74)109-65/h15-16,21-68,73-78,83-102H,7-14H2,1-6H3,(H,69,79)(H,70,80)(H,71,81)(H,72,82)/t15-,16-,21+,22+,23+,24+,25+,26+,27+,28+,29+,30+,31+,32+,33+,34+,35+,36-,37+,38+,39+,40+,41+,42+,43+,44+,45-,46-,47-,48-,49-,50+,51-,52+,53+,54+,55+,56-,57-,58-,59+,60-,61-,62-,63+,64-,65-,66-,67-,68+/m0/s1. The van der Waals surface area contributed by atoms with Gasteiger partial charge in [0.15, 0.2) is 62.9 Å². The normalized spacial score (nSPS) is 50.0. The highest BCUT2D eigenvalue weighted by atomic mass is 16.8. The molecule has 0 aromatic carbocycles. The molecule has 53 heteroatoms. The van der Waals surface area contributed by atoms with Crippen LogP contribution in [0.15, 0.2) is 0 Å². The van der Waals surface area contributed by atoms with Gasteiger partial charge in [-0.2, -0.15) is 0 Å².